The normalized spacial score (nSPS) is 15.9. The topological polar surface area (TPSA) is 73.6 Å². The van der Waals surface area contributed by atoms with Crippen molar-refractivity contribution in [1.29, 1.82) is 0 Å². The molecule has 1 aliphatic heterocycles. The quantitative estimate of drug-likeness (QED) is 0.888. The van der Waals surface area contributed by atoms with Gasteiger partial charge in [-0.25, -0.2) is 0 Å². The summed E-state index contributed by atoms with van der Waals surface area (Å²) in [7, 11) is 0. The molecular weight excluding hydrogens is 328 g/mol. The smallest absolute Gasteiger partial charge is 0.244 e. The molecule has 1 amide bonds. The zero-order chi connectivity index (χ0) is 16.1. The number of anilines is 1. The van der Waals surface area contributed by atoms with Crippen molar-refractivity contribution >= 4 is 24.0 Å². The maximum atomic E-state index is 12.3. The Kier molecular flexibility index (Phi) is 6.20. The predicted octanol–water partition coefficient (Wildman–Crippen LogP) is 3.35. The van der Waals surface area contributed by atoms with Crippen molar-refractivity contribution in [3.63, 3.8) is 0 Å². The summed E-state index contributed by atoms with van der Waals surface area (Å²) in [6, 6.07) is 16.8. The van der Waals surface area contributed by atoms with E-state index in [0.29, 0.717) is 37.5 Å². The third kappa shape index (κ3) is 4.47. The number of hydrogen-bond acceptors (Lipinski definition) is 4. The number of nitrogens with two attached hydrogens (primary N) is 1. The van der Waals surface area contributed by atoms with Gasteiger partial charge >= 0.3 is 0 Å². The van der Waals surface area contributed by atoms with E-state index in [9.17, 15) is 4.79 Å². The molecule has 3 N–H and O–H groups in total. The summed E-state index contributed by atoms with van der Waals surface area (Å²) < 4.78 is 11.0. The van der Waals surface area contributed by atoms with Gasteiger partial charge in [0.15, 0.2) is 0 Å². The van der Waals surface area contributed by atoms with Crippen molar-refractivity contribution < 1.29 is 14.3 Å². The van der Waals surface area contributed by atoms with Gasteiger partial charge in [0.1, 0.15) is 17.0 Å². The highest BCUT2D eigenvalue weighted by atomic mass is 35.5. The SMILES string of the molecule is Cl.NC1(C(=O)Nc2ccc(Oc3ccccc3)cc2)CCOCC1. The summed E-state index contributed by atoms with van der Waals surface area (Å²) in [6.07, 6.45) is 1.07. The van der Waals surface area contributed by atoms with Gasteiger partial charge in [0.2, 0.25) is 5.91 Å². The molecule has 0 radical (unpaired) electrons. The van der Waals surface area contributed by atoms with Crippen molar-refractivity contribution in [1.82, 2.24) is 0 Å². The van der Waals surface area contributed by atoms with Crippen molar-refractivity contribution in [2.75, 3.05) is 18.5 Å². The molecule has 0 aliphatic carbocycles. The average Bonchev–Trinajstić information content (AvgIpc) is 2.58. The second-order valence-corrected chi connectivity index (χ2v) is 5.66. The van der Waals surface area contributed by atoms with E-state index in [-0.39, 0.29) is 18.3 Å². The van der Waals surface area contributed by atoms with E-state index >= 15 is 0 Å². The van der Waals surface area contributed by atoms with Gasteiger partial charge in [0, 0.05) is 18.9 Å². The fourth-order valence-corrected chi connectivity index (χ4v) is 2.45. The Bertz CT molecular complexity index is 656. The van der Waals surface area contributed by atoms with Gasteiger partial charge in [-0.2, -0.15) is 0 Å². The first-order valence-electron chi connectivity index (χ1n) is 7.67. The second kappa shape index (κ2) is 8.15. The number of para-hydroxylation sites is 1. The molecule has 5 nitrogen and oxygen atoms in total. The third-order valence-electron chi connectivity index (χ3n) is 3.93. The van der Waals surface area contributed by atoms with Crippen LogP contribution >= 0.6 is 12.4 Å². The summed E-state index contributed by atoms with van der Waals surface area (Å²) in [4.78, 5) is 12.3. The highest BCUT2D eigenvalue weighted by Crippen LogP contribution is 2.24. The fraction of sp³-hybridized carbons (Fsp3) is 0.278. The molecule has 128 valence electrons. The Morgan fingerprint density at radius 2 is 1.58 bits per heavy atom. The van der Waals surface area contributed by atoms with Crippen LogP contribution in [0.3, 0.4) is 0 Å². The van der Waals surface area contributed by atoms with Gasteiger partial charge in [-0.15, -0.1) is 12.4 Å². The zero-order valence-corrected chi connectivity index (χ0v) is 14.1. The summed E-state index contributed by atoms with van der Waals surface area (Å²) in [6.45, 7) is 1.04. The van der Waals surface area contributed by atoms with Crippen molar-refractivity contribution in [3.8, 4) is 11.5 Å². The Morgan fingerprint density at radius 3 is 2.21 bits per heavy atom. The fourth-order valence-electron chi connectivity index (χ4n) is 2.45. The average molecular weight is 349 g/mol. The summed E-state index contributed by atoms with van der Waals surface area (Å²) >= 11 is 0. The lowest BCUT2D eigenvalue weighted by molar-refractivity contribution is -0.124. The minimum atomic E-state index is -0.850. The first-order chi connectivity index (χ1) is 11.2. The molecule has 1 fully saturated rings. The van der Waals surface area contributed by atoms with E-state index in [1.54, 1.807) is 12.1 Å². The van der Waals surface area contributed by atoms with Gasteiger partial charge in [-0.05, 0) is 49.2 Å². The maximum Gasteiger partial charge on any atom is 0.244 e. The van der Waals surface area contributed by atoms with Crippen molar-refractivity contribution in [2.24, 2.45) is 5.73 Å². The van der Waals surface area contributed by atoms with Crippen LogP contribution in [0.5, 0.6) is 11.5 Å². The molecule has 2 aromatic carbocycles. The molecule has 0 bridgehead atoms. The van der Waals surface area contributed by atoms with Gasteiger partial charge in [0.25, 0.3) is 0 Å². The number of amides is 1. The Morgan fingerprint density at radius 1 is 1.00 bits per heavy atom. The van der Waals surface area contributed by atoms with E-state index in [2.05, 4.69) is 5.32 Å². The molecule has 3 rings (SSSR count). The Hall–Kier alpha value is -2.08. The first kappa shape index (κ1) is 18.3. The number of carbonyl (C=O) groups excluding carboxylic acids is 1. The van der Waals surface area contributed by atoms with E-state index in [0.717, 1.165) is 5.75 Å². The van der Waals surface area contributed by atoms with Crippen LogP contribution in [0, 0.1) is 0 Å². The van der Waals surface area contributed by atoms with Gasteiger partial charge in [-0.1, -0.05) is 18.2 Å². The third-order valence-corrected chi connectivity index (χ3v) is 3.93. The monoisotopic (exact) mass is 348 g/mol. The molecule has 0 spiro atoms. The standard InChI is InChI=1S/C18H20N2O3.ClH/c19-18(10-12-22-13-11-18)17(21)20-14-6-8-16(9-7-14)23-15-4-2-1-3-5-15;/h1-9H,10-13,19H2,(H,20,21);1H. The highest BCUT2D eigenvalue weighted by molar-refractivity contribution is 5.98. The van der Waals surface area contributed by atoms with Crippen LogP contribution in [0.4, 0.5) is 5.69 Å². The second-order valence-electron chi connectivity index (χ2n) is 5.66. The number of benzene rings is 2. The lowest BCUT2D eigenvalue weighted by Crippen LogP contribution is -2.54. The van der Waals surface area contributed by atoms with Crippen LogP contribution in [-0.2, 0) is 9.53 Å². The Labute approximate surface area is 147 Å². The van der Waals surface area contributed by atoms with Crippen LogP contribution in [0.1, 0.15) is 12.8 Å². The summed E-state index contributed by atoms with van der Waals surface area (Å²) in [5.41, 5.74) is 6.02. The molecule has 0 unspecified atom stereocenters. The van der Waals surface area contributed by atoms with Crippen molar-refractivity contribution in [3.05, 3.63) is 54.6 Å². The summed E-state index contributed by atoms with van der Waals surface area (Å²) in [5.74, 6) is 1.31. The number of rotatable bonds is 4. The molecule has 0 saturated carbocycles. The molecule has 0 atom stereocenters. The molecule has 2 aromatic rings. The Balaban J connectivity index is 0.00000208. The van der Waals surface area contributed by atoms with E-state index in [1.165, 1.54) is 0 Å². The molecular formula is C18H21ClN2O3. The van der Waals surface area contributed by atoms with Crippen LogP contribution in [0.25, 0.3) is 0 Å². The van der Waals surface area contributed by atoms with Crippen LogP contribution in [-0.4, -0.2) is 24.7 Å². The maximum absolute atomic E-state index is 12.3. The minimum Gasteiger partial charge on any atom is -0.457 e. The van der Waals surface area contributed by atoms with E-state index in [4.69, 9.17) is 15.2 Å². The van der Waals surface area contributed by atoms with Crippen LogP contribution in [0.15, 0.2) is 54.6 Å². The first-order valence-corrected chi connectivity index (χ1v) is 7.67. The largest absolute Gasteiger partial charge is 0.457 e. The minimum absolute atomic E-state index is 0. The number of halogens is 1. The number of hydrogen-bond donors (Lipinski definition) is 2. The van der Waals surface area contributed by atoms with Crippen molar-refractivity contribution in [2.45, 2.75) is 18.4 Å². The zero-order valence-electron chi connectivity index (χ0n) is 13.2. The molecule has 1 heterocycles. The molecule has 6 heteroatoms. The molecule has 1 aliphatic rings. The molecule has 0 aromatic heterocycles. The molecule has 24 heavy (non-hydrogen) atoms. The number of carbonyl (C=O) groups is 1. The van der Waals surface area contributed by atoms with Crippen LogP contribution in [0.2, 0.25) is 0 Å². The van der Waals surface area contributed by atoms with Gasteiger partial charge < -0.3 is 20.5 Å². The van der Waals surface area contributed by atoms with Gasteiger partial charge in [-0.3, -0.25) is 4.79 Å². The number of ether oxygens (including phenoxy) is 2. The highest BCUT2D eigenvalue weighted by Gasteiger charge is 2.35. The van der Waals surface area contributed by atoms with Crippen LogP contribution < -0.4 is 15.8 Å². The number of nitrogens with one attached hydrogen (secondary N) is 1. The predicted molar refractivity (Wildman–Crippen MR) is 95.8 cm³/mol. The lowest BCUT2D eigenvalue weighted by atomic mass is 9.90. The van der Waals surface area contributed by atoms with E-state index in [1.807, 2.05) is 42.5 Å². The molecule has 1 saturated heterocycles. The van der Waals surface area contributed by atoms with Gasteiger partial charge in [0.05, 0.1) is 0 Å². The summed E-state index contributed by atoms with van der Waals surface area (Å²) in [5, 5.41) is 2.87. The van der Waals surface area contributed by atoms with E-state index < -0.39 is 5.54 Å². The lowest BCUT2D eigenvalue weighted by Gasteiger charge is -2.31.